The van der Waals surface area contributed by atoms with Gasteiger partial charge >= 0.3 is 0 Å². The third kappa shape index (κ3) is 4.21. The molecule has 0 spiro atoms. The first-order valence-corrected chi connectivity index (χ1v) is 11.7. The Bertz CT molecular complexity index is 1320. The summed E-state index contributed by atoms with van der Waals surface area (Å²) in [6.07, 6.45) is 5.83. The van der Waals surface area contributed by atoms with Crippen molar-refractivity contribution >= 4 is 39.9 Å². The number of hydrogen-bond donors (Lipinski definition) is 1. The fourth-order valence-corrected chi connectivity index (χ4v) is 4.60. The van der Waals surface area contributed by atoms with Gasteiger partial charge in [0.15, 0.2) is 0 Å². The smallest absolute Gasteiger partial charge is 0.255 e. The van der Waals surface area contributed by atoms with E-state index in [0.29, 0.717) is 23.9 Å². The van der Waals surface area contributed by atoms with Crippen LogP contribution in [0.15, 0.2) is 58.1 Å². The Hall–Kier alpha value is -3.87. The summed E-state index contributed by atoms with van der Waals surface area (Å²) >= 11 is 0. The summed E-state index contributed by atoms with van der Waals surface area (Å²) < 4.78 is 12.0. The lowest BCUT2D eigenvalue weighted by molar-refractivity contribution is -0.116. The van der Waals surface area contributed by atoms with Crippen LogP contribution in [0.2, 0.25) is 0 Å². The van der Waals surface area contributed by atoms with Gasteiger partial charge in [0.25, 0.3) is 5.91 Å². The summed E-state index contributed by atoms with van der Waals surface area (Å²) in [5.41, 5.74) is 4.38. The van der Waals surface area contributed by atoms with Gasteiger partial charge < -0.3 is 14.5 Å². The predicted octanol–water partition coefficient (Wildman–Crippen LogP) is 4.98. The van der Waals surface area contributed by atoms with Gasteiger partial charge in [-0.25, -0.2) is 0 Å². The van der Waals surface area contributed by atoms with Crippen molar-refractivity contribution in [3.05, 3.63) is 65.4 Å². The van der Waals surface area contributed by atoms with Gasteiger partial charge in [-0.2, -0.15) is 10.1 Å². The number of para-hydroxylation sites is 1. The van der Waals surface area contributed by atoms with Crippen LogP contribution in [-0.4, -0.2) is 24.3 Å². The molecule has 1 aromatic heterocycles. The van der Waals surface area contributed by atoms with Crippen molar-refractivity contribution in [2.45, 2.75) is 46.0 Å². The number of ether oxygens (including phenoxy) is 1. The van der Waals surface area contributed by atoms with E-state index in [-0.39, 0.29) is 18.2 Å². The van der Waals surface area contributed by atoms with Gasteiger partial charge in [-0.05, 0) is 56.9 Å². The van der Waals surface area contributed by atoms with Crippen LogP contribution in [0.5, 0.6) is 5.75 Å². The third-order valence-electron chi connectivity index (χ3n) is 6.17. The summed E-state index contributed by atoms with van der Waals surface area (Å²) in [6.45, 7) is 4.32. The second-order valence-corrected chi connectivity index (χ2v) is 8.57. The maximum Gasteiger partial charge on any atom is 0.255 e. The molecule has 7 nitrogen and oxygen atoms in total. The Kier molecular flexibility index (Phi) is 5.92. The SMILES string of the molecule is CCOc1cc2oc3c(c2cc1/C(C)=C/C(=O)NC1=NN(c2ccccc2)C(=O)C1)CCCC3. The number of aryl methyl sites for hydroxylation is 2. The summed E-state index contributed by atoms with van der Waals surface area (Å²) in [5.74, 6) is 1.55. The first-order chi connectivity index (χ1) is 16.5. The van der Waals surface area contributed by atoms with Gasteiger partial charge in [-0.15, -0.1) is 0 Å². The number of anilines is 1. The average molecular weight is 458 g/mol. The molecular formula is C27H27N3O4. The van der Waals surface area contributed by atoms with E-state index in [2.05, 4.69) is 16.5 Å². The van der Waals surface area contributed by atoms with Gasteiger partial charge in [-0.1, -0.05) is 18.2 Å². The lowest BCUT2D eigenvalue weighted by atomic mass is 9.94. The third-order valence-corrected chi connectivity index (χ3v) is 6.17. The number of hydrazone groups is 1. The number of amides is 2. The summed E-state index contributed by atoms with van der Waals surface area (Å²) in [7, 11) is 0. The van der Waals surface area contributed by atoms with Crippen molar-refractivity contribution in [2.75, 3.05) is 11.6 Å². The Morgan fingerprint density at radius 3 is 2.79 bits per heavy atom. The van der Waals surface area contributed by atoms with Crippen molar-refractivity contribution in [3.63, 3.8) is 0 Å². The zero-order chi connectivity index (χ0) is 23.7. The minimum atomic E-state index is -0.337. The molecule has 0 fully saturated rings. The maximum absolute atomic E-state index is 12.8. The standard InChI is InChI=1S/C27H27N3O4/c1-3-33-23-15-24-21(19-11-7-8-12-22(19)34-24)14-20(23)17(2)13-26(31)28-25-16-27(32)30(29-25)18-9-5-4-6-10-18/h4-6,9-10,13-15H,3,7-8,11-12,16H2,1-2H3,(H,28,29,31)/b17-13+. The number of nitrogens with zero attached hydrogens (tertiary/aromatic N) is 2. The molecule has 1 aliphatic carbocycles. The molecule has 0 radical (unpaired) electrons. The van der Waals surface area contributed by atoms with Crippen LogP contribution in [0.1, 0.15) is 50.0 Å². The molecular weight excluding hydrogens is 430 g/mol. The van der Waals surface area contributed by atoms with Crippen LogP contribution in [0, 0.1) is 0 Å². The highest BCUT2D eigenvalue weighted by Gasteiger charge is 2.26. The number of amidine groups is 1. The van der Waals surface area contributed by atoms with Gasteiger partial charge in [-0.3, -0.25) is 9.59 Å². The molecule has 0 saturated carbocycles. The predicted molar refractivity (Wildman–Crippen MR) is 132 cm³/mol. The molecule has 2 aliphatic rings. The number of carbonyl (C=O) groups excluding carboxylic acids is 2. The zero-order valence-electron chi connectivity index (χ0n) is 19.4. The number of rotatable bonds is 5. The number of carbonyl (C=O) groups is 2. The number of allylic oxidation sites excluding steroid dienone is 1. The molecule has 2 aromatic carbocycles. The molecule has 34 heavy (non-hydrogen) atoms. The van der Waals surface area contributed by atoms with Gasteiger partial charge in [0.05, 0.1) is 18.7 Å². The van der Waals surface area contributed by atoms with E-state index in [1.807, 2.05) is 38.1 Å². The fourth-order valence-electron chi connectivity index (χ4n) is 4.60. The molecule has 0 bridgehead atoms. The van der Waals surface area contributed by atoms with Gasteiger partial charge in [0.2, 0.25) is 5.91 Å². The van der Waals surface area contributed by atoms with Crippen molar-refractivity contribution in [2.24, 2.45) is 5.10 Å². The molecule has 0 unspecified atom stereocenters. The Balaban J connectivity index is 1.40. The van der Waals surface area contributed by atoms with Crippen LogP contribution in [0.3, 0.4) is 0 Å². The lowest BCUT2D eigenvalue weighted by Crippen LogP contribution is -2.28. The second kappa shape index (κ2) is 9.17. The highest BCUT2D eigenvalue weighted by atomic mass is 16.5. The molecule has 5 rings (SSSR count). The van der Waals surface area contributed by atoms with Crippen molar-refractivity contribution in [1.82, 2.24) is 5.32 Å². The monoisotopic (exact) mass is 457 g/mol. The molecule has 1 N–H and O–H groups in total. The average Bonchev–Trinajstić information content (AvgIpc) is 3.38. The highest BCUT2D eigenvalue weighted by Crippen LogP contribution is 2.38. The summed E-state index contributed by atoms with van der Waals surface area (Å²) in [5, 5.41) is 9.45. The fraction of sp³-hybridized carbons (Fsp3) is 0.296. The Labute approximate surface area is 198 Å². The second-order valence-electron chi connectivity index (χ2n) is 8.57. The molecule has 174 valence electrons. The maximum atomic E-state index is 12.8. The van der Waals surface area contributed by atoms with E-state index in [1.54, 1.807) is 12.1 Å². The van der Waals surface area contributed by atoms with Crippen molar-refractivity contribution in [1.29, 1.82) is 0 Å². The molecule has 2 heterocycles. The van der Waals surface area contributed by atoms with Crippen LogP contribution < -0.4 is 15.1 Å². The zero-order valence-corrected chi connectivity index (χ0v) is 19.4. The number of furan rings is 1. The van der Waals surface area contributed by atoms with Crippen LogP contribution >= 0.6 is 0 Å². The molecule has 2 amide bonds. The van der Waals surface area contributed by atoms with Crippen LogP contribution in [0.25, 0.3) is 16.5 Å². The van der Waals surface area contributed by atoms with Gasteiger partial charge in [0.1, 0.15) is 22.9 Å². The summed E-state index contributed by atoms with van der Waals surface area (Å²) in [4.78, 5) is 25.2. The summed E-state index contributed by atoms with van der Waals surface area (Å²) in [6, 6.07) is 13.2. The number of hydrogen-bond acceptors (Lipinski definition) is 5. The highest BCUT2D eigenvalue weighted by molar-refractivity contribution is 6.17. The van der Waals surface area contributed by atoms with E-state index >= 15 is 0 Å². The molecule has 1 aliphatic heterocycles. The Morgan fingerprint density at radius 2 is 2.00 bits per heavy atom. The van der Waals surface area contributed by atoms with Crippen LogP contribution in [-0.2, 0) is 22.4 Å². The quantitative estimate of drug-likeness (QED) is 0.548. The minimum absolute atomic E-state index is 0.0465. The molecule has 0 saturated heterocycles. The van der Waals surface area contributed by atoms with E-state index in [4.69, 9.17) is 9.15 Å². The normalized spacial score (nSPS) is 15.9. The number of fused-ring (bicyclic) bond motifs is 3. The van der Waals surface area contributed by atoms with E-state index in [9.17, 15) is 9.59 Å². The first-order valence-electron chi connectivity index (χ1n) is 11.7. The largest absolute Gasteiger partial charge is 0.493 e. The minimum Gasteiger partial charge on any atom is -0.493 e. The number of benzene rings is 2. The van der Waals surface area contributed by atoms with Gasteiger partial charge in [0, 0.05) is 35.1 Å². The molecule has 0 atom stereocenters. The lowest BCUT2D eigenvalue weighted by Gasteiger charge is -2.12. The van der Waals surface area contributed by atoms with Crippen molar-refractivity contribution < 1.29 is 18.7 Å². The Morgan fingerprint density at radius 1 is 1.21 bits per heavy atom. The van der Waals surface area contributed by atoms with E-state index in [1.165, 1.54) is 16.6 Å². The van der Waals surface area contributed by atoms with E-state index in [0.717, 1.165) is 53.5 Å². The van der Waals surface area contributed by atoms with Crippen LogP contribution in [0.4, 0.5) is 5.69 Å². The van der Waals surface area contributed by atoms with E-state index < -0.39 is 0 Å². The number of nitrogens with one attached hydrogen (secondary N) is 1. The first kappa shape index (κ1) is 21.9. The van der Waals surface area contributed by atoms with Crippen molar-refractivity contribution in [3.8, 4) is 5.75 Å². The molecule has 3 aromatic rings. The molecule has 7 heteroatoms. The topological polar surface area (TPSA) is 84.1 Å².